The number of ether oxygens (including phenoxy) is 6. The van der Waals surface area contributed by atoms with Gasteiger partial charge in [-0.1, -0.05) is 0 Å². The van der Waals surface area contributed by atoms with E-state index in [-0.39, 0.29) is 25.1 Å². The molecule has 0 aromatic rings. The zero-order valence-corrected chi connectivity index (χ0v) is 23.1. The molecule has 0 spiro atoms. The van der Waals surface area contributed by atoms with Gasteiger partial charge in [0.15, 0.2) is 18.9 Å². The molecule has 17 heteroatoms. The van der Waals surface area contributed by atoms with Crippen LogP contribution in [0.3, 0.4) is 0 Å². The maximum absolute atomic E-state index is 11.1. The van der Waals surface area contributed by atoms with E-state index in [0.717, 1.165) is 0 Å². The van der Waals surface area contributed by atoms with E-state index in [2.05, 4.69) is 0 Å². The van der Waals surface area contributed by atoms with Crippen LogP contribution in [0.15, 0.2) is 0 Å². The third-order valence-electron chi connectivity index (χ3n) is 8.42. The van der Waals surface area contributed by atoms with Gasteiger partial charge in [-0.3, -0.25) is 0 Å². The molecule has 18 atom stereocenters. The summed E-state index contributed by atoms with van der Waals surface area (Å²) in [7, 11) is 0. The summed E-state index contributed by atoms with van der Waals surface area (Å²) in [4.78, 5) is 0. The Kier molecular flexibility index (Phi) is 11.3. The van der Waals surface area contributed by atoms with Gasteiger partial charge in [0, 0.05) is 24.7 Å². The Bertz CT molecular complexity index is 835. The van der Waals surface area contributed by atoms with Crippen molar-refractivity contribution in [3.05, 3.63) is 0 Å². The van der Waals surface area contributed by atoms with Crippen LogP contribution in [-0.4, -0.2) is 149 Å². The smallest absolute Gasteiger partial charge is 0.187 e. The van der Waals surface area contributed by atoms with Gasteiger partial charge in [0.2, 0.25) is 0 Å². The topological polar surface area (TPSA) is 313 Å². The van der Waals surface area contributed by atoms with Gasteiger partial charge in [-0.15, -0.1) is 0 Å². The number of nitrogens with two attached hydrogens (primary N) is 6. The fraction of sp³-hybridized carbons (Fsp3) is 1.00. The molecule has 0 bridgehead atoms. The van der Waals surface area contributed by atoms with E-state index in [1.807, 2.05) is 6.92 Å². The van der Waals surface area contributed by atoms with Gasteiger partial charge in [0.1, 0.15) is 48.8 Å². The summed E-state index contributed by atoms with van der Waals surface area (Å²) in [5, 5.41) is 52.5. The van der Waals surface area contributed by atoms with Gasteiger partial charge in [-0.25, -0.2) is 0 Å². The highest BCUT2D eigenvalue weighted by atomic mass is 16.8. The van der Waals surface area contributed by atoms with E-state index in [1.165, 1.54) is 0 Å². The maximum Gasteiger partial charge on any atom is 0.187 e. The molecular weight excluding hydrogens is 548 g/mol. The van der Waals surface area contributed by atoms with Crippen LogP contribution in [0.25, 0.3) is 0 Å². The van der Waals surface area contributed by atoms with Crippen molar-refractivity contribution in [1.82, 2.24) is 0 Å². The van der Waals surface area contributed by atoms with Crippen molar-refractivity contribution in [3.8, 4) is 0 Å². The first-order valence-electron chi connectivity index (χ1n) is 14.1. The van der Waals surface area contributed by atoms with E-state index in [0.29, 0.717) is 12.8 Å². The summed E-state index contributed by atoms with van der Waals surface area (Å²) in [6, 6.07) is -3.42. The van der Waals surface area contributed by atoms with E-state index in [1.54, 1.807) is 0 Å². The minimum absolute atomic E-state index is 0.134. The Morgan fingerprint density at radius 3 is 1.98 bits per heavy atom. The summed E-state index contributed by atoms with van der Waals surface area (Å²) < 4.78 is 35.4. The summed E-state index contributed by atoms with van der Waals surface area (Å²) in [5.41, 5.74) is 36.4. The van der Waals surface area contributed by atoms with Crippen molar-refractivity contribution in [2.45, 2.75) is 136 Å². The fourth-order valence-corrected chi connectivity index (χ4v) is 5.83. The molecule has 4 fully saturated rings. The lowest BCUT2D eigenvalue weighted by Crippen LogP contribution is -2.65. The van der Waals surface area contributed by atoms with Crippen LogP contribution in [0.4, 0.5) is 0 Å². The lowest BCUT2D eigenvalue weighted by Gasteiger charge is -2.46. The SMILES string of the molecule is C[C@@H](N)[C@@H]1CC[C@@H](N)[C@@H](O[C@H]2[C@H](O[C@@H]3O[C@H](CO)[C@@H](O[C@H]4O[C@@H](CN)[C@@H](O)[C@H](O)[C@H]4N)[C@H]3O)[C@@H](O)[C@H](N)C[C@@H]2N)O1. The van der Waals surface area contributed by atoms with Gasteiger partial charge in [0.05, 0.1) is 30.9 Å². The van der Waals surface area contributed by atoms with Crippen molar-refractivity contribution in [1.29, 1.82) is 0 Å². The van der Waals surface area contributed by atoms with Gasteiger partial charge in [0.25, 0.3) is 0 Å². The number of hydrogen-bond acceptors (Lipinski definition) is 17. The molecule has 1 aliphatic carbocycles. The van der Waals surface area contributed by atoms with Crippen molar-refractivity contribution in [3.63, 3.8) is 0 Å². The van der Waals surface area contributed by atoms with Crippen molar-refractivity contribution >= 4 is 0 Å². The van der Waals surface area contributed by atoms with Crippen LogP contribution in [0.2, 0.25) is 0 Å². The third kappa shape index (κ3) is 7.02. The monoisotopic (exact) mass is 596 g/mol. The molecule has 17 nitrogen and oxygen atoms in total. The molecule has 17 N–H and O–H groups in total. The molecule has 0 unspecified atom stereocenters. The Hall–Kier alpha value is -0.680. The molecular formula is C24H48N6O11. The molecule has 0 radical (unpaired) electrons. The molecule has 0 aromatic carbocycles. The minimum Gasteiger partial charge on any atom is -0.394 e. The zero-order chi connectivity index (χ0) is 30.2. The molecule has 3 aliphatic heterocycles. The first-order chi connectivity index (χ1) is 19.4. The normalized spacial score (nSPS) is 52.0. The molecule has 0 amide bonds. The summed E-state index contributed by atoms with van der Waals surface area (Å²) >= 11 is 0. The fourth-order valence-electron chi connectivity index (χ4n) is 5.83. The molecule has 3 heterocycles. The molecule has 3 saturated heterocycles. The van der Waals surface area contributed by atoms with E-state index < -0.39 is 105 Å². The first kappa shape index (κ1) is 33.2. The van der Waals surface area contributed by atoms with E-state index in [4.69, 9.17) is 62.8 Å². The van der Waals surface area contributed by atoms with Crippen LogP contribution < -0.4 is 34.4 Å². The molecule has 4 aliphatic rings. The average Bonchev–Trinajstić information content (AvgIpc) is 3.23. The Morgan fingerprint density at radius 2 is 1.34 bits per heavy atom. The number of hydrogen-bond donors (Lipinski definition) is 11. The van der Waals surface area contributed by atoms with E-state index >= 15 is 0 Å². The third-order valence-corrected chi connectivity index (χ3v) is 8.42. The highest BCUT2D eigenvalue weighted by Gasteiger charge is 2.53. The standard InChI is InChI=1S/C24H48N6O11/c1-7(26)11-3-2-8(27)22(36-11)39-19-10(29)4-9(28)15(32)21(19)41-24-18(35)20(13(6-31)38-24)40-23-14(30)17(34)16(33)12(5-25)37-23/h7-24,31-35H,2-6,25-30H2,1H3/t7-,8-,9-,10+,11+,12+,13-,14-,15+,16-,17-,18-,19-,20-,21-,22-,23-,24+/m1/s1. The maximum atomic E-state index is 11.1. The minimum atomic E-state index is -1.53. The lowest BCUT2D eigenvalue weighted by molar-refractivity contribution is -0.290. The predicted molar refractivity (Wildman–Crippen MR) is 140 cm³/mol. The lowest BCUT2D eigenvalue weighted by atomic mass is 9.84. The number of aliphatic hydroxyl groups is 5. The van der Waals surface area contributed by atoms with Gasteiger partial charge >= 0.3 is 0 Å². The molecule has 4 rings (SSSR count). The Morgan fingerprint density at radius 1 is 0.707 bits per heavy atom. The summed E-state index contributed by atoms with van der Waals surface area (Å²) in [6.07, 6.45) is -13.5. The highest BCUT2D eigenvalue weighted by Crippen LogP contribution is 2.34. The van der Waals surface area contributed by atoms with Gasteiger partial charge < -0.3 is 88.4 Å². The second-order valence-electron chi connectivity index (χ2n) is 11.6. The van der Waals surface area contributed by atoms with Crippen molar-refractivity contribution < 1.29 is 54.0 Å². The van der Waals surface area contributed by atoms with Crippen molar-refractivity contribution in [2.75, 3.05) is 13.2 Å². The summed E-state index contributed by atoms with van der Waals surface area (Å²) in [5.74, 6) is 0. The highest BCUT2D eigenvalue weighted by molar-refractivity contribution is 5.01. The van der Waals surface area contributed by atoms with Crippen LogP contribution in [0, 0.1) is 0 Å². The van der Waals surface area contributed by atoms with Crippen LogP contribution >= 0.6 is 0 Å². The zero-order valence-electron chi connectivity index (χ0n) is 23.1. The van der Waals surface area contributed by atoms with Crippen LogP contribution in [-0.2, 0) is 28.4 Å². The van der Waals surface area contributed by atoms with Crippen LogP contribution in [0.1, 0.15) is 26.2 Å². The number of rotatable bonds is 9. The van der Waals surface area contributed by atoms with Crippen molar-refractivity contribution in [2.24, 2.45) is 34.4 Å². The number of aliphatic hydroxyl groups excluding tert-OH is 5. The van der Waals surface area contributed by atoms with Gasteiger partial charge in [-0.05, 0) is 26.2 Å². The van der Waals surface area contributed by atoms with Gasteiger partial charge in [-0.2, -0.15) is 0 Å². The Balaban J connectivity index is 1.48. The second-order valence-corrected chi connectivity index (χ2v) is 11.6. The molecule has 41 heavy (non-hydrogen) atoms. The summed E-state index contributed by atoms with van der Waals surface area (Å²) in [6.45, 7) is 1.09. The largest absolute Gasteiger partial charge is 0.394 e. The van der Waals surface area contributed by atoms with E-state index in [9.17, 15) is 25.5 Å². The first-order valence-corrected chi connectivity index (χ1v) is 14.1. The molecule has 0 aromatic heterocycles. The quantitative estimate of drug-likeness (QED) is 0.118. The average molecular weight is 597 g/mol. The van der Waals surface area contributed by atoms with Crippen LogP contribution in [0.5, 0.6) is 0 Å². The predicted octanol–water partition coefficient (Wildman–Crippen LogP) is -6.45. The molecule has 1 saturated carbocycles. The molecule has 240 valence electrons. The second kappa shape index (κ2) is 14.0. The Labute approximate surface area is 238 Å².